The topological polar surface area (TPSA) is 58.4 Å². The molecule has 1 amide bonds. The third-order valence-corrected chi connectivity index (χ3v) is 4.10. The van der Waals surface area contributed by atoms with Crippen LogP contribution in [0, 0.1) is 0 Å². The largest absolute Gasteiger partial charge is 0.392 e. The molecule has 2 atom stereocenters. The maximum atomic E-state index is 12.2. The van der Waals surface area contributed by atoms with Gasteiger partial charge in [0, 0.05) is 6.04 Å². The summed E-state index contributed by atoms with van der Waals surface area (Å²) in [5, 5.41) is 3.09. The fourth-order valence-electron chi connectivity index (χ4n) is 2.52. The molecule has 4 nitrogen and oxygen atoms in total. The van der Waals surface area contributed by atoms with Gasteiger partial charge in [0.25, 0.3) is 0 Å². The number of thiocarbonyl (C=S) groups is 1. The summed E-state index contributed by atoms with van der Waals surface area (Å²) in [4.78, 5) is 14.8. The van der Waals surface area contributed by atoms with Crippen LogP contribution in [0.25, 0.3) is 0 Å². The molecule has 0 aromatic rings. The van der Waals surface area contributed by atoms with E-state index in [2.05, 4.69) is 24.1 Å². The molecule has 1 heterocycles. The van der Waals surface area contributed by atoms with Crippen molar-refractivity contribution in [1.82, 2.24) is 10.2 Å². The van der Waals surface area contributed by atoms with Gasteiger partial charge in [0.1, 0.15) is 0 Å². The summed E-state index contributed by atoms with van der Waals surface area (Å²) < 4.78 is 0. The predicted octanol–water partition coefficient (Wildman–Crippen LogP) is 1.43. The number of nitrogens with zero attached hydrogens (tertiary/aromatic N) is 1. The van der Waals surface area contributed by atoms with Crippen LogP contribution in [0.1, 0.15) is 46.5 Å². The van der Waals surface area contributed by atoms with Gasteiger partial charge >= 0.3 is 0 Å². The molecule has 104 valence electrons. The molecule has 1 saturated heterocycles. The highest BCUT2D eigenvalue weighted by Crippen LogP contribution is 2.20. The molecule has 0 bridgehead atoms. The molecule has 1 rings (SSSR count). The van der Waals surface area contributed by atoms with E-state index in [1.165, 1.54) is 0 Å². The summed E-state index contributed by atoms with van der Waals surface area (Å²) >= 11 is 5.08. The first-order valence-electron chi connectivity index (χ1n) is 6.86. The van der Waals surface area contributed by atoms with Crippen molar-refractivity contribution >= 4 is 23.1 Å². The molecule has 0 radical (unpaired) electrons. The highest BCUT2D eigenvalue weighted by molar-refractivity contribution is 7.80. The van der Waals surface area contributed by atoms with Gasteiger partial charge in [0.05, 0.1) is 17.1 Å². The monoisotopic (exact) mass is 271 g/mol. The highest BCUT2D eigenvalue weighted by Gasteiger charge is 2.33. The third kappa shape index (κ3) is 3.65. The minimum absolute atomic E-state index is 0.0856. The second-order valence-corrected chi connectivity index (χ2v) is 5.47. The van der Waals surface area contributed by atoms with Crippen molar-refractivity contribution in [3.63, 3.8) is 0 Å². The lowest BCUT2D eigenvalue weighted by Gasteiger charge is -2.30. The summed E-state index contributed by atoms with van der Waals surface area (Å²) in [6, 6.07) is 0.202. The van der Waals surface area contributed by atoms with Crippen LogP contribution in [-0.2, 0) is 4.79 Å². The van der Waals surface area contributed by atoms with Crippen molar-refractivity contribution in [3.05, 3.63) is 0 Å². The van der Waals surface area contributed by atoms with E-state index in [4.69, 9.17) is 18.0 Å². The van der Waals surface area contributed by atoms with E-state index in [0.717, 1.165) is 32.2 Å². The highest BCUT2D eigenvalue weighted by atomic mass is 32.1. The van der Waals surface area contributed by atoms with Gasteiger partial charge in [-0.25, -0.2) is 0 Å². The number of nitrogens with one attached hydrogen (secondary N) is 1. The van der Waals surface area contributed by atoms with E-state index < -0.39 is 0 Å². The first kappa shape index (κ1) is 15.4. The smallest absolute Gasteiger partial charge is 0.237 e. The molecule has 1 fully saturated rings. The average Bonchev–Trinajstić information content (AvgIpc) is 2.83. The van der Waals surface area contributed by atoms with Crippen LogP contribution in [-0.4, -0.2) is 40.5 Å². The van der Waals surface area contributed by atoms with Gasteiger partial charge < -0.3 is 11.1 Å². The summed E-state index contributed by atoms with van der Waals surface area (Å²) in [7, 11) is 0. The van der Waals surface area contributed by atoms with Crippen molar-refractivity contribution in [2.45, 2.75) is 64.6 Å². The zero-order valence-corrected chi connectivity index (χ0v) is 12.4. The van der Waals surface area contributed by atoms with Gasteiger partial charge in [0.2, 0.25) is 5.91 Å². The van der Waals surface area contributed by atoms with Crippen molar-refractivity contribution in [1.29, 1.82) is 0 Å². The average molecular weight is 271 g/mol. The molecule has 1 aliphatic rings. The Bertz CT molecular complexity index is 305. The van der Waals surface area contributed by atoms with Crippen LogP contribution in [0.2, 0.25) is 0 Å². The van der Waals surface area contributed by atoms with Gasteiger partial charge in [0.15, 0.2) is 0 Å². The van der Waals surface area contributed by atoms with Gasteiger partial charge in [-0.2, -0.15) is 0 Å². The number of likely N-dealkylation sites (tertiary alicyclic amines) is 1. The molecule has 0 aromatic heterocycles. The van der Waals surface area contributed by atoms with Crippen LogP contribution in [0.4, 0.5) is 0 Å². The Morgan fingerprint density at radius 2 is 2.11 bits per heavy atom. The van der Waals surface area contributed by atoms with E-state index in [9.17, 15) is 4.79 Å². The van der Waals surface area contributed by atoms with E-state index in [1.54, 1.807) is 0 Å². The number of rotatable bonds is 6. The lowest BCUT2D eigenvalue weighted by atomic mass is 10.1. The minimum Gasteiger partial charge on any atom is -0.392 e. The molecule has 1 aliphatic heterocycles. The van der Waals surface area contributed by atoms with Crippen molar-refractivity contribution in [2.75, 3.05) is 6.54 Å². The summed E-state index contributed by atoms with van der Waals surface area (Å²) in [5.41, 5.74) is 5.74. The van der Waals surface area contributed by atoms with Gasteiger partial charge in [-0.15, -0.1) is 0 Å². The van der Waals surface area contributed by atoms with E-state index in [-0.39, 0.29) is 24.0 Å². The first-order valence-corrected chi connectivity index (χ1v) is 7.27. The predicted molar refractivity (Wildman–Crippen MR) is 78.5 cm³/mol. The lowest BCUT2D eigenvalue weighted by molar-refractivity contribution is -0.126. The standard InChI is InChI=1S/C13H25N3OS/c1-4-10(5-2)15-13(17)9(3)16-8-6-7-11(16)12(14)18/h9-11H,4-8H2,1-3H3,(H2,14,18)(H,15,17). The summed E-state index contributed by atoms with van der Waals surface area (Å²) in [6.07, 6.45) is 3.96. The molecule has 5 heteroatoms. The maximum absolute atomic E-state index is 12.2. The molecule has 0 saturated carbocycles. The third-order valence-electron chi connectivity index (χ3n) is 3.83. The second-order valence-electron chi connectivity index (χ2n) is 5.00. The van der Waals surface area contributed by atoms with Crippen LogP contribution in [0.3, 0.4) is 0 Å². The lowest BCUT2D eigenvalue weighted by Crippen LogP contribution is -2.52. The number of nitrogens with two attached hydrogens (primary N) is 1. The number of carbonyl (C=O) groups is 1. The van der Waals surface area contributed by atoms with E-state index in [1.807, 2.05) is 6.92 Å². The molecule has 0 aromatic carbocycles. The number of hydrogen-bond acceptors (Lipinski definition) is 3. The number of amides is 1. The zero-order chi connectivity index (χ0) is 13.7. The van der Waals surface area contributed by atoms with Gasteiger partial charge in [-0.3, -0.25) is 9.69 Å². The van der Waals surface area contributed by atoms with E-state index >= 15 is 0 Å². The first-order chi connectivity index (χ1) is 8.51. The molecular formula is C13H25N3OS. The van der Waals surface area contributed by atoms with Gasteiger partial charge in [-0.1, -0.05) is 26.1 Å². The minimum atomic E-state index is -0.153. The molecular weight excluding hydrogens is 246 g/mol. The quantitative estimate of drug-likeness (QED) is 0.718. The Kier molecular flexibility index (Phi) is 6.02. The maximum Gasteiger partial charge on any atom is 0.237 e. The van der Waals surface area contributed by atoms with Crippen molar-refractivity contribution in [2.24, 2.45) is 5.73 Å². The number of hydrogen-bond donors (Lipinski definition) is 2. The molecule has 0 spiro atoms. The van der Waals surface area contributed by atoms with Gasteiger partial charge in [-0.05, 0) is 39.2 Å². The second kappa shape index (κ2) is 7.04. The van der Waals surface area contributed by atoms with E-state index in [0.29, 0.717) is 4.99 Å². The Hall–Kier alpha value is -0.680. The molecule has 18 heavy (non-hydrogen) atoms. The van der Waals surface area contributed by atoms with Crippen LogP contribution in [0.5, 0.6) is 0 Å². The normalized spacial score (nSPS) is 22.1. The van der Waals surface area contributed by atoms with Crippen LogP contribution < -0.4 is 11.1 Å². The fourth-order valence-corrected chi connectivity index (χ4v) is 2.78. The van der Waals surface area contributed by atoms with Crippen molar-refractivity contribution < 1.29 is 4.79 Å². The van der Waals surface area contributed by atoms with Crippen LogP contribution in [0.15, 0.2) is 0 Å². The summed E-state index contributed by atoms with van der Waals surface area (Å²) in [5.74, 6) is 0.0897. The van der Waals surface area contributed by atoms with Crippen LogP contribution >= 0.6 is 12.2 Å². The Morgan fingerprint density at radius 1 is 1.50 bits per heavy atom. The number of carbonyl (C=O) groups excluding carboxylic acids is 1. The molecule has 0 aliphatic carbocycles. The molecule has 3 N–H and O–H groups in total. The SMILES string of the molecule is CCC(CC)NC(=O)C(C)N1CCCC1C(N)=S. The Balaban J connectivity index is 2.60. The molecule has 2 unspecified atom stereocenters. The fraction of sp³-hybridized carbons (Fsp3) is 0.846. The Morgan fingerprint density at radius 3 is 2.61 bits per heavy atom. The van der Waals surface area contributed by atoms with Crippen molar-refractivity contribution in [3.8, 4) is 0 Å². The Labute approximate surface area is 115 Å². The summed E-state index contributed by atoms with van der Waals surface area (Å²) in [6.45, 7) is 7.02. The zero-order valence-electron chi connectivity index (χ0n) is 11.6.